The third-order valence-electron chi connectivity index (χ3n) is 2.95. The van der Waals surface area contributed by atoms with Crippen LogP contribution in [0.2, 0.25) is 0 Å². The SMILES string of the molecule is CC(C)(N)CCC(=O)Nc1cccc2ccncc12. The number of nitrogens with one attached hydrogen (secondary N) is 1. The lowest BCUT2D eigenvalue weighted by Gasteiger charge is -2.17. The van der Waals surface area contributed by atoms with Crippen LogP contribution in [0.3, 0.4) is 0 Å². The molecular formula is C15H19N3O. The normalized spacial score (nSPS) is 11.5. The van der Waals surface area contributed by atoms with Crippen molar-refractivity contribution in [2.45, 2.75) is 32.2 Å². The largest absolute Gasteiger partial charge is 0.326 e. The van der Waals surface area contributed by atoms with E-state index in [1.165, 1.54) is 0 Å². The molecule has 1 aromatic carbocycles. The minimum absolute atomic E-state index is 0.0186. The predicted octanol–water partition coefficient (Wildman–Crippen LogP) is 2.69. The third-order valence-corrected chi connectivity index (χ3v) is 2.95. The van der Waals surface area contributed by atoms with E-state index in [1.54, 1.807) is 12.4 Å². The fourth-order valence-electron chi connectivity index (χ4n) is 1.87. The number of hydrogen-bond donors (Lipinski definition) is 2. The second-order valence-corrected chi connectivity index (χ2v) is 5.44. The number of amides is 1. The van der Waals surface area contributed by atoms with Gasteiger partial charge in [-0.3, -0.25) is 9.78 Å². The summed E-state index contributed by atoms with van der Waals surface area (Å²) < 4.78 is 0. The standard InChI is InChI=1S/C15H19N3O/c1-15(2,16)8-6-14(19)18-13-5-3-4-11-7-9-17-10-12(11)13/h3-5,7,9-10H,6,8,16H2,1-2H3,(H,18,19). The zero-order valence-electron chi connectivity index (χ0n) is 11.3. The topological polar surface area (TPSA) is 68.0 Å². The van der Waals surface area contributed by atoms with Gasteiger partial charge in [-0.1, -0.05) is 12.1 Å². The molecule has 4 heteroatoms. The van der Waals surface area contributed by atoms with E-state index in [2.05, 4.69) is 10.3 Å². The van der Waals surface area contributed by atoms with E-state index in [9.17, 15) is 4.79 Å². The Labute approximate surface area is 113 Å². The quantitative estimate of drug-likeness (QED) is 0.884. The Kier molecular flexibility index (Phi) is 3.81. The molecule has 19 heavy (non-hydrogen) atoms. The Morgan fingerprint density at radius 1 is 1.37 bits per heavy atom. The van der Waals surface area contributed by atoms with Gasteiger partial charge in [0.25, 0.3) is 0 Å². The summed E-state index contributed by atoms with van der Waals surface area (Å²) in [7, 11) is 0. The van der Waals surface area contributed by atoms with Crippen molar-refractivity contribution < 1.29 is 4.79 Å². The zero-order chi connectivity index (χ0) is 13.9. The highest BCUT2D eigenvalue weighted by molar-refractivity contribution is 6.01. The van der Waals surface area contributed by atoms with Crippen molar-refractivity contribution in [3.8, 4) is 0 Å². The summed E-state index contributed by atoms with van der Waals surface area (Å²) in [5.41, 5.74) is 6.35. The first-order valence-corrected chi connectivity index (χ1v) is 6.37. The molecule has 2 rings (SSSR count). The lowest BCUT2D eigenvalue weighted by Crippen LogP contribution is -2.33. The number of carbonyl (C=O) groups excluding carboxylic acids is 1. The number of benzene rings is 1. The first kappa shape index (κ1) is 13.5. The van der Waals surface area contributed by atoms with Gasteiger partial charge in [0.1, 0.15) is 0 Å². The average molecular weight is 257 g/mol. The van der Waals surface area contributed by atoms with Crippen LogP contribution < -0.4 is 11.1 Å². The van der Waals surface area contributed by atoms with Crippen LogP contribution in [0.5, 0.6) is 0 Å². The van der Waals surface area contributed by atoms with E-state index in [0.717, 1.165) is 16.5 Å². The monoisotopic (exact) mass is 257 g/mol. The molecule has 0 aliphatic carbocycles. The van der Waals surface area contributed by atoms with Crippen LogP contribution in [0, 0.1) is 0 Å². The van der Waals surface area contributed by atoms with Crippen molar-refractivity contribution in [3.05, 3.63) is 36.7 Å². The second-order valence-electron chi connectivity index (χ2n) is 5.44. The summed E-state index contributed by atoms with van der Waals surface area (Å²) >= 11 is 0. The van der Waals surface area contributed by atoms with Gasteiger partial charge < -0.3 is 11.1 Å². The molecule has 0 bridgehead atoms. The molecule has 0 unspecified atom stereocenters. The van der Waals surface area contributed by atoms with Gasteiger partial charge in [0.15, 0.2) is 0 Å². The number of pyridine rings is 1. The summed E-state index contributed by atoms with van der Waals surface area (Å²) in [6, 6.07) is 7.73. The van der Waals surface area contributed by atoms with Crippen molar-refractivity contribution in [3.63, 3.8) is 0 Å². The van der Waals surface area contributed by atoms with Gasteiger partial charge in [-0.25, -0.2) is 0 Å². The maximum absolute atomic E-state index is 11.9. The fourth-order valence-corrected chi connectivity index (χ4v) is 1.87. The van der Waals surface area contributed by atoms with Crippen LogP contribution in [-0.2, 0) is 4.79 Å². The Morgan fingerprint density at radius 3 is 2.89 bits per heavy atom. The maximum atomic E-state index is 11.9. The predicted molar refractivity (Wildman–Crippen MR) is 77.9 cm³/mol. The molecule has 0 aliphatic rings. The highest BCUT2D eigenvalue weighted by atomic mass is 16.1. The Morgan fingerprint density at radius 2 is 2.16 bits per heavy atom. The maximum Gasteiger partial charge on any atom is 0.224 e. The van der Waals surface area contributed by atoms with Crippen LogP contribution in [-0.4, -0.2) is 16.4 Å². The van der Waals surface area contributed by atoms with Crippen LogP contribution in [0.1, 0.15) is 26.7 Å². The molecule has 0 saturated carbocycles. The molecule has 0 fully saturated rings. The lowest BCUT2D eigenvalue weighted by molar-refractivity contribution is -0.116. The van der Waals surface area contributed by atoms with E-state index < -0.39 is 0 Å². The van der Waals surface area contributed by atoms with Gasteiger partial charge in [-0.15, -0.1) is 0 Å². The number of aromatic nitrogens is 1. The lowest BCUT2D eigenvalue weighted by atomic mass is 10.00. The number of fused-ring (bicyclic) bond motifs is 1. The number of hydrogen-bond acceptors (Lipinski definition) is 3. The van der Waals surface area contributed by atoms with E-state index in [0.29, 0.717) is 12.8 Å². The molecule has 0 atom stereocenters. The van der Waals surface area contributed by atoms with Crippen molar-refractivity contribution in [1.82, 2.24) is 4.98 Å². The van der Waals surface area contributed by atoms with E-state index >= 15 is 0 Å². The molecular weight excluding hydrogens is 238 g/mol. The minimum Gasteiger partial charge on any atom is -0.326 e. The molecule has 1 heterocycles. The van der Waals surface area contributed by atoms with Crippen LogP contribution >= 0.6 is 0 Å². The molecule has 0 radical (unpaired) electrons. The molecule has 0 aliphatic heterocycles. The van der Waals surface area contributed by atoms with Crippen molar-refractivity contribution >= 4 is 22.4 Å². The summed E-state index contributed by atoms with van der Waals surface area (Å²) in [5, 5.41) is 4.93. The average Bonchev–Trinajstić information content (AvgIpc) is 2.36. The molecule has 2 aromatic rings. The van der Waals surface area contributed by atoms with Gasteiger partial charge in [-0.05, 0) is 37.8 Å². The van der Waals surface area contributed by atoms with Crippen molar-refractivity contribution in [2.24, 2.45) is 5.73 Å². The summed E-state index contributed by atoms with van der Waals surface area (Å²) in [6.07, 6.45) is 4.57. The number of carbonyl (C=O) groups is 1. The van der Waals surface area contributed by atoms with Crippen LogP contribution in [0.25, 0.3) is 10.8 Å². The first-order valence-electron chi connectivity index (χ1n) is 6.37. The van der Waals surface area contributed by atoms with Crippen molar-refractivity contribution in [1.29, 1.82) is 0 Å². The van der Waals surface area contributed by atoms with Gasteiger partial charge in [0.05, 0.1) is 5.69 Å². The molecule has 1 amide bonds. The molecule has 3 N–H and O–H groups in total. The van der Waals surface area contributed by atoms with Gasteiger partial charge in [0.2, 0.25) is 5.91 Å². The van der Waals surface area contributed by atoms with Crippen LogP contribution in [0.4, 0.5) is 5.69 Å². The number of nitrogens with two attached hydrogens (primary N) is 1. The van der Waals surface area contributed by atoms with E-state index in [-0.39, 0.29) is 11.4 Å². The molecule has 1 aromatic heterocycles. The summed E-state index contributed by atoms with van der Waals surface area (Å²) in [5.74, 6) is -0.0186. The Hall–Kier alpha value is -1.94. The van der Waals surface area contributed by atoms with E-state index in [1.807, 2.05) is 38.1 Å². The van der Waals surface area contributed by atoms with E-state index in [4.69, 9.17) is 5.73 Å². The van der Waals surface area contributed by atoms with Gasteiger partial charge in [-0.2, -0.15) is 0 Å². The molecule has 4 nitrogen and oxygen atoms in total. The van der Waals surface area contributed by atoms with Gasteiger partial charge in [0, 0.05) is 29.7 Å². The summed E-state index contributed by atoms with van der Waals surface area (Å²) in [4.78, 5) is 16.0. The summed E-state index contributed by atoms with van der Waals surface area (Å²) in [6.45, 7) is 3.84. The van der Waals surface area contributed by atoms with Gasteiger partial charge >= 0.3 is 0 Å². The molecule has 0 spiro atoms. The van der Waals surface area contributed by atoms with Crippen molar-refractivity contribution in [2.75, 3.05) is 5.32 Å². The number of anilines is 1. The Balaban J connectivity index is 2.11. The Bertz CT molecular complexity index is 582. The zero-order valence-corrected chi connectivity index (χ0v) is 11.3. The minimum atomic E-state index is -0.322. The highest BCUT2D eigenvalue weighted by Gasteiger charge is 2.13. The molecule has 0 saturated heterocycles. The smallest absolute Gasteiger partial charge is 0.224 e. The third kappa shape index (κ3) is 3.76. The number of rotatable bonds is 4. The second kappa shape index (κ2) is 5.36. The fraction of sp³-hybridized carbons (Fsp3) is 0.333. The first-order chi connectivity index (χ1) is 8.96. The van der Waals surface area contributed by atoms with Crippen LogP contribution in [0.15, 0.2) is 36.7 Å². The number of nitrogens with zero attached hydrogens (tertiary/aromatic N) is 1. The molecule has 100 valence electrons. The highest BCUT2D eigenvalue weighted by Crippen LogP contribution is 2.22.